The Labute approximate surface area is 107 Å². The summed E-state index contributed by atoms with van der Waals surface area (Å²) in [4.78, 5) is 21.5. The number of nitrogens with one attached hydrogen (secondary N) is 1. The largest absolute Gasteiger partial charge is 0.322 e. The van der Waals surface area contributed by atoms with Crippen LogP contribution < -0.4 is 5.32 Å². The minimum absolute atomic E-state index is 0.241. The smallest absolute Gasteiger partial charge is 0.272 e. The number of carbonyl (C=O) groups excluding carboxylic acids is 1. The van der Waals surface area contributed by atoms with E-state index in [4.69, 9.17) is 0 Å². The van der Waals surface area contributed by atoms with Crippen LogP contribution in [0.2, 0.25) is 0 Å². The molecule has 0 fully saturated rings. The molecule has 0 unspecified atom stereocenters. The average Bonchev–Trinajstić information content (AvgIpc) is 2.39. The van der Waals surface area contributed by atoms with E-state index in [1.807, 2.05) is 0 Å². The molecule has 2 aromatic rings. The average molecular weight is 260 g/mol. The minimum atomic E-state index is -0.928. The summed E-state index contributed by atoms with van der Waals surface area (Å²) in [5.74, 6) is -1.58. The molecular formula is C13H9FN2O3. The van der Waals surface area contributed by atoms with Gasteiger partial charge in [-0.2, -0.15) is 0 Å². The van der Waals surface area contributed by atoms with Gasteiger partial charge in [0.15, 0.2) is 0 Å². The van der Waals surface area contributed by atoms with E-state index in [1.54, 1.807) is 30.3 Å². The predicted molar refractivity (Wildman–Crippen MR) is 67.4 cm³/mol. The first kappa shape index (κ1) is 12.7. The van der Waals surface area contributed by atoms with Crippen LogP contribution >= 0.6 is 0 Å². The van der Waals surface area contributed by atoms with Gasteiger partial charge in [0, 0.05) is 11.8 Å². The summed E-state index contributed by atoms with van der Waals surface area (Å²) in [7, 11) is 0. The van der Waals surface area contributed by atoms with Crippen LogP contribution in [0.15, 0.2) is 48.5 Å². The summed E-state index contributed by atoms with van der Waals surface area (Å²) in [5.41, 5.74) is -0.117. The van der Waals surface area contributed by atoms with Gasteiger partial charge in [0.25, 0.3) is 11.6 Å². The fourth-order valence-corrected chi connectivity index (χ4v) is 1.52. The number of hydrogen-bond donors (Lipinski definition) is 1. The molecule has 0 saturated carbocycles. The fourth-order valence-electron chi connectivity index (χ4n) is 1.52. The highest BCUT2D eigenvalue weighted by atomic mass is 19.1. The topological polar surface area (TPSA) is 72.2 Å². The molecular weight excluding hydrogens is 251 g/mol. The molecule has 0 saturated heterocycles. The van der Waals surface area contributed by atoms with E-state index < -0.39 is 22.3 Å². The maximum atomic E-state index is 13.6. The summed E-state index contributed by atoms with van der Waals surface area (Å²) in [6.45, 7) is 0. The Morgan fingerprint density at radius 3 is 2.42 bits per heavy atom. The number of amides is 1. The molecule has 2 aromatic carbocycles. The van der Waals surface area contributed by atoms with E-state index in [1.165, 1.54) is 0 Å². The second-order valence-electron chi connectivity index (χ2n) is 3.74. The molecule has 0 bridgehead atoms. The Morgan fingerprint density at radius 1 is 1.16 bits per heavy atom. The number of carbonyl (C=O) groups is 1. The lowest BCUT2D eigenvalue weighted by molar-refractivity contribution is -0.385. The van der Waals surface area contributed by atoms with E-state index in [2.05, 4.69) is 5.32 Å². The molecule has 0 spiro atoms. The third-order valence-corrected chi connectivity index (χ3v) is 2.44. The van der Waals surface area contributed by atoms with Gasteiger partial charge in [0.2, 0.25) is 0 Å². The third-order valence-electron chi connectivity index (χ3n) is 2.44. The van der Waals surface area contributed by atoms with Gasteiger partial charge in [-0.25, -0.2) is 4.39 Å². The van der Waals surface area contributed by atoms with Crippen LogP contribution in [0, 0.1) is 15.9 Å². The van der Waals surface area contributed by atoms with Crippen molar-refractivity contribution in [2.24, 2.45) is 0 Å². The molecule has 5 nitrogen and oxygen atoms in total. The van der Waals surface area contributed by atoms with Crippen LogP contribution in [0.25, 0.3) is 0 Å². The molecule has 1 amide bonds. The highest BCUT2D eigenvalue weighted by molar-refractivity contribution is 6.04. The monoisotopic (exact) mass is 260 g/mol. The first-order valence-electron chi connectivity index (χ1n) is 5.38. The predicted octanol–water partition coefficient (Wildman–Crippen LogP) is 2.99. The summed E-state index contributed by atoms with van der Waals surface area (Å²) in [6.07, 6.45) is 0. The SMILES string of the molecule is O=C(Nc1ccccc1)c1ccc([N+](=O)[O-])cc1F. The maximum absolute atomic E-state index is 13.6. The molecule has 0 heterocycles. The zero-order valence-electron chi connectivity index (χ0n) is 9.67. The standard InChI is InChI=1S/C13H9FN2O3/c14-12-8-10(16(18)19)6-7-11(12)13(17)15-9-4-2-1-3-5-9/h1-8H,(H,15,17). The zero-order valence-corrected chi connectivity index (χ0v) is 9.67. The Hall–Kier alpha value is -2.76. The number of anilines is 1. The molecule has 96 valence electrons. The summed E-state index contributed by atoms with van der Waals surface area (Å²) in [6, 6.07) is 11.4. The number of nitro benzene ring substituents is 1. The van der Waals surface area contributed by atoms with Crippen LogP contribution in [-0.2, 0) is 0 Å². The van der Waals surface area contributed by atoms with E-state index in [0.717, 1.165) is 18.2 Å². The number of rotatable bonds is 3. The van der Waals surface area contributed by atoms with Crippen LogP contribution in [0.4, 0.5) is 15.8 Å². The molecule has 0 aromatic heterocycles. The minimum Gasteiger partial charge on any atom is -0.322 e. The molecule has 6 heteroatoms. The number of non-ortho nitro benzene ring substituents is 1. The van der Waals surface area contributed by atoms with Gasteiger partial charge in [-0.15, -0.1) is 0 Å². The lowest BCUT2D eigenvalue weighted by Crippen LogP contribution is -2.13. The van der Waals surface area contributed by atoms with Crippen LogP contribution in [-0.4, -0.2) is 10.8 Å². The van der Waals surface area contributed by atoms with Gasteiger partial charge in [-0.3, -0.25) is 14.9 Å². The highest BCUT2D eigenvalue weighted by Crippen LogP contribution is 2.17. The molecule has 0 aliphatic rings. The molecule has 0 aliphatic carbocycles. The quantitative estimate of drug-likeness (QED) is 0.681. The van der Waals surface area contributed by atoms with Crippen LogP contribution in [0.1, 0.15) is 10.4 Å². The fraction of sp³-hybridized carbons (Fsp3) is 0. The number of benzene rings is 2. The maximum Gasteiger partial charge on any atom is 0.272 e. The highest BCUT2D eigenvalue weighted by Gasteiger charge is 2.16. The molecule has 0 atom stereocenters. The number of nitro groups is 1. The Kier molecular flexibility index (Phi) is 3.51. The normalized spacial score (nSPS) is 9.95. The summed E-state index contributed by atoms with van der Waals surface area (Å²) < 4.78 is 13.6. The van der Waals surface area contributed by atoms with Gasteiger partial charge < -0.3 is 5.32 Å². The second-order valence-corrected chi connectivity index (χ2v) is 3.74. The van der Waals surface area contributed by atoms with Crippen molar-refractivity contribution in [1.82, 2.24) is 0 Å². The van der Waals surface area contributed by atoms with Crippen molar-refractivity contribution in [2.45, 2.75) is 0 Å². The first-order chi connectivity index (χ1) is 9.08. The molecule has 0 aliphatic heterocycles. The Balaban J connectivity index is 2.22. The van der Waals surface area contributed by atoms with Gasteiger partial charge >= 0.3 is 0 Å². The number of halogens is 1. The van der Waals surface area contributed by atoms with Crippen molar-refractivity contribution in [3.8, 4) is 0 Å². The lowest BCUT2D eigenvalue weighted by Gasteiger charge is -2.05. The summed E-state index contributed by atoms with van der Waals surface area (Å²) in [5, 5.41) is 13.0. The van der Waals surface area contributed by atoms with Crippen molar-refractivity contribution in [3.63, 3.8) is 0 Å². The molecule has 0 radical (unpaired) electrons. The summed E-state index contributed by atoms with van der Waals surface area (Å²) >= 11 is 0. The van der Waals surface area contributed by atoms with E-state index in [0.29, 0.717) is 5.69 Å². The van der Waals surface area contributed by atoms with Gasteiger partial charge in [0.1, 0.15) is 5.82 Å². The van der Waals surface area contributed by atoms with Crippen molar-refractivity contribution in [3.05, 3.63) is 70.0 Å². The number of hydrogen-bond acceptors (Lipinski definition) is 3. The van der Waals surface area contributed by atoms with Crippen molar-refractivity contribution in [2.75, 3.05) is 5.32 Å². The van der Waals surface area contributed by atoms with Crippen molar-refractivity contribution < 1.29 is 14.1 Å². The van der Waals surface area contributed by atoms with Crippen LogP contribution in [0.3, 0.4) is 0 Å². The van der Waals surface area contributed by atoms with Gasteiger partial charge in [-0.1, -0.05) is 18.2 Å². The third kappa shape index (κ3) is 2.92. The van der Waals surface area contributed by atoms with Gasteiger partial charge in [0.05, 0.1) is 16.6 Å². The van der Waals surface area contributed by atoms with E-state index in [-0.39, 0.29) is 5.56 Å². The number of nitrogens with zero attached hydrogens (tertiary/aromatic N) is 1. The van der Waals surface area contributed by atoms with E-state index >= 15 is 0 Å². The van der Waals surface area contributed by atoms with Crippen molar-refractivity contribution in [1.29, 1.82) is 0 Å². The zero-order chi connectivity index (χ0) is 13.8. The second kappa shape index (κ2) is 5.26. The van der Waals surface area contributed by atoms with E-state index in [9.17, 15) is 19.3 Å². The van der Waals surface area contributed by atoms with Gasteiger partial charge in [-0.05, 0) is 18.2 Å². The molecule has 2 rings (SSSR count). The first-order valence-corrected chi connectivity index (χ1v) is 5.38. The number of para-hydroxylation sites is 1. The Bertz CT molecular complexity index is 629. The van der Waals surface area contributed by atoms with Crippen molar-refractivity contribution >= 4 is 17.3 Å². The lowest BCUT2D eigenvalue weighted by atomic mass is 10.1. The van der Waals surface area contributed by atoms with Crippen LogP contribution in [0.5, 0.6) is 0 Å². The molecule has 19 heavy (non-hydrogen) atoms. The Morgan fingerprint density at radius 2 is 1.84 bits per heavy atom. The molecule has 1 N–H and O–H groups in total.